The van der Waals surface area contributed by atoms with E-state index in [-0.39, 0.29) is 11.6 Å². The third kappa shape index (κ3) is 2.74. The van der Waals surface area contributed by atoms with Crippen LogP contribution in [0, 0.1) is 0 Å². The summed E-state index contributed by atoms with van der Waals surface area (Å²) in [5, 5.41) is 16.0. The average Bonchev–Trinajstić information content (AvgIpc) is 2.95. The number of ether oxygens (including phenoxy) is 2. The molecule has 0 saturated heterocycles. The molecule has 1 aromatic carbocycles. The van der Waals surface area contributed by atoms with Gasteiger partial charge in [-0.3, -0.25) is 5.10 Å². The maximum Gasteiger partial charge on any atom is 0.353 e. The second kappa shape index (κ2) is 6.27. The fourth-order valence-electron chi connectivity index (χ4n) is 2.36. The van der Waals surface area contributed by atoms with Crippen LogP contribution in [-0.4, -0.2) is 35.5 Å². The van der Waals surface area contributed by atoms with Crippen LogP contribution in [0.2, 0.25) is 5.02 Å². The molecule has 2 aromatic rings. The molecule has 0 atom stereocenters. The van der Waals surface area contributed by atoms with E-state index in [1.165, 1.54) is 13.2 Å². The van der Waals surface area contributed by atoms with Crippen molar-refractivity contribution in [3.63, 3.8) is 0 Å². The highest BCUT2D eigenvalue weighted by molar-refractivity contribution is 6.33. The van der Waals surface area contributed by atoms with E-state index in [4.69, 9.17) is 26.2 Å². The van der Waals surface area contributed by atoms with E-state index in [1.807, 2.05) is 13.8 Å². The number of hydrogen-bond donors (Lipinski definition) is 2. The quantitative estimate of drug-likeness (QED) is 0.878. The Morgan fingerprint density at radius 3 is 2.45 bits per heavy atom. The van der Waals surface area contributed by atoms with Crippen LogP contribution in [0.4, 0.5) is 0 Å². The van der Waals surface area contributed by atoms with E-state index in [1.54, 1.807) is 13.2 Å². The molecule has 1 aromatic heterocycles. The monoisotopic (exact) mass is 324 g/mol. The number of rotatable bonds is 5. The van der Waals surface area contributed by atoms with Crippen LogP contribution >= 0.6 is 11.6 Å². The van der Waals surface area contributed by atoms with Crippen molar-refractivity contribution in [1.82, 2.24) is 10.2 Å². The summed E-state index contributed by atoms with van der Waals surface area (Å²) in [6, 6.07) is 3.08. The van der Waals surface area contributed by atoms with Crippen LogP contribution in [0.15, 0.2) is 12.1 Å². The van der Waals surface area contributed by atoms with Gasteiger partial charge in [0.15, 0.2) is 11.5 Å². The van der Waals surface area contributed by atoms with Gasteiger partial charge in [-0.25, -0.2) is 4.79 Å². The fraction of sp³-hybridized carbons (Fsp3) is 0.333. The van der Waals surface area contributed by atoms with Gasteiger partial charge in [0.05, 0.1) is 24.9 Å². The number of aromatic carboxylic acids is 1. The molecule has 0 saturated carbocycles. The Balaban J connectivity index is 2.75. The first-order valence-electron chi connectivity index (χ1n) is 6.64. The highest BCUT2D eigenvalue weighted by atomic mass is 35.5. The number of benzene rings is 1. The number of methoxy groups -OCH3 is 2. The molecule has 0 aliphatic heterocycles. The van der Waals surface area contributed by atoms with Crippen LogP contribution < -0.4 is 9.47 Å². The number of hydrogen-bond acceptors (Lipinski definition) is 4. The van der Waals surface area contributed by atoms with Crippen molar-refractivity contribution in [2.75, 3.05) is 14.2 Å². The molecule has 0 bridgehead atoms. The topological polar surface area (TPSA) is 84.4 Å². The van der Waals surface area contributed by atoms with Gasteiger partial charge in [-0.15, -0.1) is 0 Å². The number of aromatic amines is 1. The van der Waals surface area contributed by atoms with Gasteiger partial charge < -0.3 is 14.6 Å². The molecule has 118 valence electrons. The molecule has 0 amide bonds. The first-order valence-corrected chi connectivity index (χ1v) is 7.01. The normalized spacial score (nSPS) is 10.8. The first kappa shape index (κ1) is 16.2. The summed E-state index contributed by atoms with van der Waals surface area (Å²) < 4.78 is 10.8. The number of aromatic nitrogens is 2. The summed E-state index contributed by atoms with van der Waals surface area (Å²) in [6.07, 6.45) is 0. The molecule has 6 nitrogen and oxygen atoms in total. The van der Waals surface area contributed by atoms with Gasteiger partial charge in [-0.05, 0) is 12.0 Å². The predicted molar refractivity (Wildman–Crippen MR) is 83.2 cm³/mol. The molecular formula is C15H17ClN2O4. The van der Waals surface area contributed by atoms with Crippen molar-refractivity contribution in [2.24, 2.45) is 0 Å². The van der Waals surface area contributed by atoms with Crippen LogP contribution in [0.25, 0.3) is 11.3 Å². The summed E-state index contributed by atoms with van der Waals surface area (Å²) in [5.41, 5.74) is 1.90. The summed E-state index contributed by atoms with van der Waals surface area (Å²) in [5.74, 6) is 0.0784. The number of nitrogens with one attached hydrogen (secondary N) is 1. The van der Waals surface area contributed by atoms with E-state index >= 15 is 0 Å². The molecule has 0 aliphatic carbocycles. The van der Waals surface area contributed by atoms with Crippen molar-refractivity contribution in [3.05, 3.63) is 28.4 Å². The lowest BCUT2D eigenvalue weighted by Gasteiger charge is -2.20. The Kier molecular flexibility index (Phi) is 4.61. The van der Waals surface area contributed by atoms with Gasteiger partial charge in [0.1, 0.15) is 5.69 Å². The van der Waals surface area contributed by atoms with Gasteiger partial charge in [0, 0.05) is 17.2 Å². The molecular weight excluding hydrogens is 308 g/mol. The number of carboxylic acids is 1. The number of carbonyl (C=O) groups is 1. The highest BCUT2D eigenvalue weighted by Crippen LogP contribution is 2.46. The Morgan fingerprint density at radius 2 is 2.00 bits per heavy atom. The predicted octanol–water partition coefficient (Wildman–Crippen LogP) is 3.57. The van der Waals surface area contributed by atoms with Crippen molar-refractivity contribution < 1.29 is 19.4 Å². The van der Waals surface area contributed by atoms with Gasteiger partial charge >= 0.3 is 5.97 Å². The largest absolute Gasteiger partial charge is 0.493 e. The van der Waals surface area contributed by atoms with E-state index in [2.05, 4.69) is 10.2 Å². The number of H-pyrrole nitrogens is 1. The third-order valence-corrected chi connectivity index (χ3v) is 3.60. The van der Waals surface area contributed by atoms with Crippen LogP contribution in [0.3, 0.4) is 0 Å². The van der Waals surface area contributed by atoms with E-state index in [0.29, 0.717) is 27.8 Å². The molecule has 0 spiro atoms. The van der Waals surface area contributed by atoms with Crippen molar-refractivity contribution >= 4 is 17.6 Å². The SMILES string of the molecule is COc1cc(Cl)c(-c2cc(C(=O)O)[nH]n2)c(C(C)C)c1OC. The van der Waals surface area contributed by atoms with Crippen LogP contribution in [0.1, 0.15) is 35.8 Å². The minimum atomic E-state index is -1.08. The minimum absolute atomic E-state index is 0.00411. The lowest BCUT2D eigenvalue weighted by molar-refractivity contribution is 0.0690. The lowest BCUT2D eigenvalue weighted by atomic mass is 9.93. The van der Waals surface area contributed by atoms with Crippen LogP contribution in [-0.2, 0) is 0 Å². The van der Waals surface area contributed by atoms with Gasteiger partial charge in [-0.2, -0.15) is 5.10 Å². The van der Waals surface area contributed by atoms with Crippen molar-refractivity contribution in [1.29, 1.82) is 0 Å². The highest BCUT2D eigenvalue weighted by Gasteiger charge is 2.24. The maximum absolute atomic E-state index is 11.0. The molecule has 0 unspecified atom stereocenters. The molecule has 2 rings (SSSR count). The maximum atomic E-state index is 11.0. The van der Waals surface area contributed by atoms with E-state index in [0.717, 1.165) is 5.56 Å². The first-order chi connectivity index (χ1) is 10.4. The number of carboxylic acid groups (broad SMARTS) is 1. The summed E-state index contributed by atoms with van der Waals surface area (Å²) in [4.78, 5) is 11.0. The Morgan fingerprint density at radius 1 is 1.32 bits per heavy atom. The number of nitrogens with zero attached hydrogens (tertiary/aromatic N) is 1. The Hall–Kier alpha value is -2.21. The lowest BCUT2D eigenvalue weighted by Crippen LogP contribution is -2.01. The minimum Gasteiger partial charge on any atom is -0.493 e. The van der Waals surface area contributed by atoms with E-state index < -0.39 is 5.97 Å². The Bertz CT molecular complexity index is 710. The second-order valence-corrected chi connectivity index (χ2v) is 5.42. The van der Waals surface area contributed by atoms with Gasteiger partial charge in [0.2, 0.25) is 0 Å². The molecule has 1 heterocycles. The van der Waals surface area contributed by atoms with Crippen LogP contribution in [0.5, 0.6) is 11.5 Å². The molecule has 0 radical (unpaired) electrons. The van der Waals surface area contributed by atoms with E-state index in [9.17, 15) is 4.79 Å². The zero-order valence-corrected chi connectivity index (χ0v) is 13.5. The molecule has 2 N–H and O–H groups in total. The summed E-state index contributed by atoms with van der Waals surface area (Å²) in [6.45, 7) is 3.98. The molecule has 7 heteroatoms. The summed E-state index contributed by atoms with van der Waals surface area (Å²) in [7, 11) is 3.09. The third-order valence-electron chi connectivity index (χ3n) is 3.30. The molecule has 22 heavy (non-hydrogen) atoms. The Labute approximate surface area is 133 Å². The zero-order chi connectivity index (χ0) is 16.4. The molecule has 0 fully saturated rings. The smallest absolute Gasteiger partial charge is 0.353 e. The average molecular weight is 325 g/mol. The molecule has 0 aliphatic rings. The number of halogens is 1. The van der Waals surface area contributed by atoms with Crippen molar-refractivity contribution in [2.45, 2.75) is 19.8 Å². The van der Waals surface area contributed by atoms with Gasteiger partial charge in [0.25, 0.3) is 0 Å². The second-order valence-electron chi connectivity index (χ2n) is 5.01. The standard InChI is InChI=1S/C15H17ClN2O4/c1-7(2)12-13(9-6-10(15(19)20)18-17-9)8(16)5-11(21-3)14(12)22-4/h5-7H,1-4H3,(H,17,18)(H,19,20). The zero-order valence-electron chi connectivity index (χ0n) is 12.7. The van der Waals surface area contributed by atoms with Gasteiger partial charge in [-0.1, -0.05) is 25.4 Å². The van der Waals surface area contributed by atoms with Crippen molar-refractivity contribution in [3.8, 4) is 22.8 Å². The fourth-order valence-corrected chi connectivity index (χ4v) is 2.66. The summed E-state index contributed by atoms with van der Waals surface area (Å²) >= 11 is 6.37.